The van der Waals surface area contributed by atoms with Crippen molar-refractivity contribution in [2.24, 2.45) is 16.2 Å². The molecule has 19 nitrogen and oxygen atoms in total. The number of hydrogen-bond donors (Lipinski definition) is 7. The molecule has 0 saturated carbocycles. The summed E-state index contributed by atoms with van der Waals surface area (Å²) in [5.74, 6) is -5.33. The van der Waals surface area contributed by atoms with Crippen LogP contribution in [0.25, 0.3) is 0 Å². The Balaban J connectivity index is 1.12. The number of carbonyl (C=O) groups excluding carboxylic acids is 3. The number of halogens is 1. The lowest BCUT2D eigenvalue weighted by atomic mass is 9.87. The molecule has 0 spiro atoms. The summed E-state index contributed by atoms with van der Waals surface area (Å²) >= 11 is 8.53. The number of thioether (sulfide) groups is 1. The van der Waals surface area contributed by atoms with E-state index >= 15 is 0 Å². The maximum absolute atomic E-state index is 13.6. The highest BCUT2D eigenvalue weighted by Crippen LogP contribution is 2.47. The Kier molecular flexibility index (Phi) is 11.7. The number of carboxylic acids is 2. The second kappa shape index (κ2) is 16.0. The first-order chi connectivity index (χ1) is 26.9. The van der Waals surface area contributed by atoms with E-state index in [0.29, 0.717) is 28.9 Å². The highest BCUT2D eigenvalue weighted by atomic mass is 35.5. The van der Waals surface area contributed by atoms with Crippen LogP contribution in [-0.4, -0.2) is 138 Å². The number of anilines is 1. The standard InChI is InChI=1S/C35H41ClN8O11S2/c1-35(2,33(52)53)55-42-24(20-14-57-34(37)39-20)29(48)40-25-30(49)43-26(32(50)51)16(13-56-31(25)43)12-44(3)17-5-6-18(44)10-15(9-17)11-38-28(47)23(41-54-4)19-7-8-21(45)27(46)22(19)36/h7-8,14-15,17-18,25,31H,5-6,9-13H2,1-4H3,(H7-,37,38,39,40,41,42,45,46,47,48,50,51,52,53)/p+1/t15?,17-,18+,25-,31-,44?/m1/s1. The van der Waals surface area contributed by atoms with E-state index in [1.807, 2.05) is 0 Å². The van der Waals surface area contributed by atoms with Crippen LogP contribution in [0.2, 0.25) is 5.02 Å². The van der Waals surface area contributed by atoms with Crippen LogP contribution in [0, 0.1) is 5.92 Å². The maximum Gasteiger partial charge on any atom is 0.352 e. The Morgan fingerprint density at radius 1 is 1.11 bits per heavy atom. The molecular weight excluding hydrogens is 808 g/mol. The number of aromatic nitrogens is 1. The molecule has 4 aliphatic rings. The average Bonchev–Trinajstić information content (AvgIpc) is 3.62. The van der Waals surface area contributed by atoms with E-state index in [0.717, 1.165) is 37.0 Å². The second-order valence-electron chi connectivity index (χ2n) is 14.9. The minimum Gasteiger partial charge on any atom is -0.504 e. The summed E-state index contributed by atoms with van der Waals surface area (Å²) in [7, 11) is 3.37. The number of aromatic hydroxyl groups is 2. The van der Waals surface area contributed by atoms with Crippen LogP contribution < -0.4 is 16.4 Å². The third-order valence-electron chi connectivity index (χ3n) is 10.9. The van der Waals surface area contributed by atoms with E-state index in [1.54, 1.807) is 0 Å². The SMILES string of the molecule is CO/N=C(\C(=O)NCC1C[C@H]2CC[C@@H](C1)[N+]2(C)CC1=C(C(=O)O)N2C(=O)[C@@H](NC(=O)/C(=N\OC(C)(C)C(=O)O)c3csc(N)n3)[C@H]2SC1)c1ccc(O)c(O)c1Cl. The second-order valence-corrected chi connectivity index (χ2v) is 17.3. The number of oxime groups is 2. The zero-order chi connectivity index (χ0) is 41.6. The van der Waals surface area contributed by atoms with Crippen molar-refractivity contribution in [3.63, 3.8) is 0 Å². The first kappa shape index (κ1) is 41.5. The van der Waals surface area contributed by atoms with Gasteiger partial charge in [-0.3, -0.25) is 19.3 Å². The molecule has 3 amide bonds. The third kappa shape index (κ3) is 7.92. The van der Waals surface area contributed by atoms with Gasteiger partial charge in [0.2, 0.25) is 5.60 Å². The molecule has 3 fully saturated rings. The van der Waals surface area contributed by atoms with Crippen LogP contribution in [-0.2, 0) is 33.6 Å². The van der Waals surface area contributed by atoms with Crippen molar-refractivity contribution in [1.29, 1.82) is 0 Å². The Hall–Kier alpha value is -5.12. The first-order valence-electron chi connectivity index (χ1n) is 17.7. The summed E-state index contributed by atoms with van der Waals surface area (Å²) in [5.41, 5.74) is 3.96. The molecule has 5 heterocycles. The number of fused-ring (bicyclic) bond motifs is 3. The van der Waals surface area contributed by atoms with Crippen molar-refractivity contribution >= 4 is 80.9 Å². The van der Waals surface area contributed by atoms with Crippen LogP contribution in [0.15, 0.2) is 39.1 Å². The van der Waals surface area contributed by atoms with Gasteiger partial charge in [0.15, 0.2) is 28.1 Å². The van der Waals surface area contributed by atoms with Gasteiger partial charge in [0.1, 0.15) is 36.5 Å². The minimum absolute atomic E-state index is 0.00657. The van der Waals surface area contributed by atoms with Crippen LogP contribution >= 0.6 is 34.7 Å². The number of likely N-dealkylation sites (N-methyl/N-ethyl adjacent to an activating group) is 1. The number of benzene rings is 1. The molecule has 306 valence electrons. The fourth-order valence-electron chi connectivity index (χ4n) is 7.87. The lowest BCUT2D eigenvalue weighted by Crippen LogP contribution is -2.71. The molecule has 4 aliphatic heterocycles. The first-order valence-corrected chi connectivity index (χ1v) is 20.0. The van der Waals surface area contributed by atoms with Crippen LogP contribution in [0.1, 0.15) is 50.8 Å². The van der Waals surface area contributed by atoms with Crippen molar-refractivity contribution in [3.8, 4) is 11.5 Å². The van der Waals surface area contributed by atoms with Gasteiger partial charge in [0.25, 0.3) is 17.7 Å². The number of carboxylic acid groups (broad SMARTS) is 2. The smallest absolute Gasteiger partial charge is 0.352 e. The van der Waals surface area contributed by atoms with E-state index in [2.05, 4.69) is 33.0 Å². The number of phenolic OH excluding ortho intramolecular Hbond substituents is 2. The summed E-state index contributed by atoms with van der Waals surface area (Å²) in [5, 5.41) is 53.4. The molecule has 1 aromatic heterocycles. The Bertz CT molecular complexity index is 2090. The predicted molar refractivity (Wildman–Crippen MR) is 207 cm³/mol. The molecule has 6 atom stereocenters. The average molecular weight is 850 g/mol. The summed E-state index contributed by atoms with van der Waals surface area (Å²) in [6.07, 6.45) is 3.28. The molecule has 22 heteroatoms. The monoisotopic (exact) mass is 849 g/mol. The molecule has 3 saturated heterocycles. The normalized spacial score (nSPS) is 26.0. The minimum atomic E-state index is -1.79. The number of amides is 3. The van der Waals surface area contributed by atoms with Crippen molar-refractivity contribution < 1.29 is 58.6 Å². The van der Waals surface area contributed by atoms with Gasteiger partial charge in [-0.15, -0.1) is 23.1 Å². The van der Waals surface area contributed by atoms with E-state index in [-0.39, 0.29) is 50.8 Å². The summed E-state index contributed by atoms with van der Waals surface area (Å²) in [6, 6.07) is 1.73. The molecule has 2 aromatic rings. The van der Waals surface area contributed by atoms with Crippen LogP contribution in [0.3, 0.4) is 0 Å². The van der Waals surface area contributed by atoms with Gasteiger partial charge < -0.3 is 51.0 Å². The molecule has 2 bridgehead atoms. The molecule has 0 radical (unpaired) electrons. The number of nitrogen functional groups attached to an aromatic ring is 1. The van der Waals surface area contributed by atoms with Gasteiger partial charge in [-0.2, -0.15) is 0 Å². The molecule has 6 rings (SSSR count). The fraction of sp³-hybridized carbons (Fsp3) is 0.486. The quantitative estimate of drug-likeness (QED) is 0.0469. The number of carbonyl (C=O) groups is 5. The number of rotatable bonds is 14. The Morgan fingerprint density at radius 3 is 2.39 bits per heavy atom. The number of phenols is 2. The van der Waals surface area contributed by atoms with Gasteiger partial charge in [-0.1, -0.05) is 21.9 Å². The number of thiazole rings is 1. The molecule has 8 N–H and O–H groups in total. The lowest BCUT2D eigenvalue weighted by Gasteiger charge is -2.52. The summed E-state index contributed by atoms with van der Waals surface area (Å²) in [6.45, 7) is 3.19. The highest BCUT2D eigenvalue weighted by molar-refractivity contribution is 8.00. The van der Waals surface area contributed by atoms with Crippen LogP contribution in [0.4, 0.5) is 5.13 Å². The number of hydrogen-bond acceptors (Lipinski definition) is 15. The topological polar surface area (TPSA) is 276 Å². The van der Waals surface area contributed by atoms with Crippen molar-refractivity contribution in [2.75, 3.05) is 38.7 Å². The number of quaternary nitrogens is 1. The molecule has 1 aromatic carbocycles. The van der Waals surface area contributed by atoms with Gasteiger partial charge in [-0.25, -0.2) is 14.6 Å². The van der Waals surface area contributed by atoms with E-state index < -0.39 is 63.9 Å². The van der Waals surface area contributed by atoms with Gasteiger partial charge in [-0.05, 0) is 31.9 Å². The summed E-state index contributed by atoms with van der Waals surface area (Å²) < 4.78 is 0.575. The zero-order valence-electron chi connectivity index (χ0n) is 31.2. The van der Waals surface area contributed by atoms with Crippen molar-refractivity contribution in [1.82, 2.24) is 20.5 Å². The maximum atomic E-state index is 13.6. The molecule has 2 unspecified atom stereocenters. The predicted octanol–water partition coefficient (Wildman–Crippen LogP) is 1.67. The van der Waals surface area contributed by atoms with Crippen LogP contribution in [0.5, 0.6) is 11.5 Å². The number of nitrogens with one attached hydrogen (secondary N) is 2. The van der Waals surface area contributed by atoms with E-state index in [9.17, 15) is 44.4 Å². The third-order valence-corrected chi connectivity index (χ3v) is 13.3. The fourth-order valence-corrected chi connectivity index (χ4v) is 10.0. The van der Waals surface area contributed by atoms with Crippen molar-refractivity contribution in [3.05, 3.63) is 45.1 Å². The summed E-state index contributed by atoms with van der Waals surface area (Å²) in [4.78, 5) is 80.0. The number of nitrogens with two attached hydrogens (primary N) is 1. The number of nitrogens with zero attached hydrogens (tertiary/aromatic N) is 5. The Labute approximate surface area is 339 Å². The van der Waals surface area contributed by atoms with Crippen molar-refractivity contribution in [2.45, 2.75) is 68.6 Å². The lowest BCUT2D eigenvalue weighted by molar-refractivity contribution is -0.945. The molecular formula is C35H42ClN8O11S2+. The van der Waals surface area contributed by atoms with Gasteiger partial charge >= 0.3 is 11.9 Å². The highest BCUT2D eigenvalue weighted by Gasteiger charge is 2.57. The number of aliphatic carboxylic acids is 2. The molecule has 57 heavy (non-hydrogen) atoms. The number of β-lactam (4-membered cyclic amide) rings is 1. The largest absolute Gasteiger partial charge is 0.504 e. The van der Waals surface area contributed by atoms with Gasteiger partial charge in [0, 0.05) is 54.5 Å². The molecule has 0 aliphatic carbocycles. The van der Waals surface area contributed by atoms with E-state index in [1.165, 1.54) is 55.1 Å². The number of piperidine rings is 1. The van der Waals surface area contributed by atoms with E-state index in [4.69, 9.17) is 27.0 Å². The van der Waals surface area contributed by atoms with Gasteiger partial charge in [0.05, 0.1) is 24.2 Å². The zero-order valence-corrected chi connectivity index (χ0v) is 33.6. The Morgan fingerprint density at radius 2 is 1.79 bits per heavy atom.